The van der Waals surface area contributed by atoms with Gasteiger partial charge in [-0.15, -0.1) is 10.2 Å². The molecular formula is C27H31N5O. The highest BCUT2D eigenvalue weighted by atomic mass is 16.2. The fourth-order valence-corrected chi connectivity index (χ4v) is 5.12. The molecule has 33 heavy (non-hydrogen) atoms. The molecule has 2 aliphatic rings. The molecule has 5 rings (SSSR count). The van der Waals surface area contributed by atoms with Crippen LogP contribution in [0.1, 0.15) is 31.2 Å². The molecule has 3 aromatic rings. The minimum Gasteiger partial charge on any atom is -0.354 e. The molecule has 0 spiro atoms. The fraction of sp³-hybridized carbons (Fsp3) is 0.407. The van der Waals surface area contributed by atoms with Crippen molar-refractivity contribution < 1.29 is 4.79 Å². The summed E-state index contributed by atoms with van der Waals surface area (Å²) in [6, 6.07) is 18.6. The van der Waals surface area contributed by atoms with Crippen LogP contribution in [0.25, 0.3) is 11.3 Å². The van der Waals surface area contributed by atoms with Crippen molar-refractivity contribution in [3.63, 3.8) is 0 Å². The van der Waals surface area contributed by atoms with Crippen LogP contribution < -0.4 is 4.90 Å². The lowest BCUT2D eigenvalue weighted by molar-refractivity contribution is -0.137. The predicted octanol–water partition coefficient (Wildman–Crippen LogP) is 4.24. The lowest BCUT2D eigenvalue weighted by Gasteiger charge is -2.38. The number of benzene rings is 1. The molecule has 0 bridgehead atoms. The van der Waals surface area contributed by atoms with Crippen LogP contribution in [-0.2, 0) is 11.2 Å². The Hall–Kier alpha value is -3.28. The quantitative estimate of drug-likeness (QED) is 0.593. The fourth-order valence-electron chi connectivity index (χ4n) is 5.12. The summed E-state index contributed by atoms with van der Waals surface area (Å²) in [5.41, 5.74) is 3.25. The number of aromatic nitrogens is 3. The zero-order chi connectivity index (χ0) is 22.5. The van der Waals surface area contributed by atoms with E-state index in [2.05, 4.69) is 55.3 Å². The van der Waals surface area contributed by atoms with Crippen molar-refractivity contribution in [2.45, 2.75) is 32.1 Å². The summed E-state index contributed by atoms with van der Waals surface area (Å²) in [6.45, 7) is 3.42. The molecule has 0 N–H and O–H groups in total. The monoisotopic (exact) mass is 441 g/mol. The molecule has 1 aromatic carbocycles. The zero-order valence-electron chi connectivity index (χ0n) is 19.0. The molecule has 170 valence electrons. The summed E-state index contributed by atoms with van der Waals surface area (Å²) in [4.78, 5) is 21.7. The van der Waals surface area contributed by atoms with Crippen LogP contribution in [0.5, 0.6) is 0 Å². The lowest BCUT2D eigenvalue weighted by Crippen LogP contribution is -2.47. The van der Waals surface area contributed by atoms with Gasteiger partial charge in [-0.1, -0.05) is 30.3 Å². The van der Waals surface area contributed by atoms with Crippen molar-refractivity contribution in [3.8, 4) is 11.3 Å². The third kappa shape index (κ3) is 5.21. The van der Waals surface area contributed by atoms with E-state index in [4.69, 9.17) is 0 Å². The Bertz CT molecular complexity index is 1030. The maximum atomic E-state index is 13.3. The van der Waals surface area contributed by atoms with Gasteiger partial charge in [0.05, 0.1) is 11.6 Å². The average Bonchev–Trinajstić information content (AvgIpc) is 2.90. The third-order valence-electron chi connectivity index (χ3n) is 7.01. The molecule has 6 nitrogen and oxygen atoms in total. The number of nitrogens with zero attached hydrogens (tertiary/aromatic N) is 5. The number of pyridine rings is 1. The van der Waals surface area contributed by atoms with E-state index in [0.29, 0.717) is 11.8 Å². The first-order valence-electron chi connectivity index (χ1n) is 12.1. The van der Waals surface area contributed by atoms with Crippen LogP contribution in [0.15, 0.2) is 67.0 Å². The second-order valence-corrected chi connectivity index (χ2v) is 9.26. The number of piperidine rings is 2. The largest absolute Gasteiger partial charge is 0.354 e. The van der Waals surface area contributed by atoms with Crippen molar-refractivity contribution in [1.82, 2.24) is 20.1 Å². The Morgan fingerprint density at radius 1 is 0.879 bits per heavy atom. The number of hydrogen-bond donors (Lipinski definition) is 0. The van der Waals surface area contributed by atoms with Crippen LogP contribution in [0.2, 0.25) is 0 Å². The van der Waals surface area contributed by atoms with E-state index >= 15 is 0 Å². The Morgan fingerprint density at radius 2 is 1.67 bits per heavy atom. The standard InChI is InChI=1S/C27H31N5O/c33-27(31-17-12-22(13-18-31)19-21-5-2-1-3-6-21)24-7-4-16-32(20-24)26-9-8-25(29-30-26)23-10-14-28-15-11-23/h1-3,5-6,8-11,14-15,22,24H,4,7,12-13,16-20H2. The summed E-state index contributed by atoms with van der Waals surface area (Å²) in [6.07, 6.45) is 8.80. The first-order chi connectivity index (χ1) is 16.3. The lowest BCUT2D eigenvalue weighted by atomic mass is 9.89. The molecule has 2 aromatic heterocycles. The summed E-state index contributed by atoms with van der Waals surface area (Å²) in [7, 11) is 0. The van der Waals surface area contributed by atoms with Crippen LogP contribution in [-0.4, -0.2) is 52.2 Å². The summed E-state index contributed by atoms with van der Waals surface area (Å²) < 4.78 is 0. The molecular weight excluding hydrogens is 410 g/mol. The summed E-state index contributed by atoms with van der Waals surface area (Å²) in [5.74, 6) is 1.89. The molecule has 4 heterocycles. The van der Waals surface area contributed by atoms with E-state index in [0.717, 1.165) is 75.4 Å². The van der Waals surface area contributed by atoms with Gasteiger partial charge in [0.25, 0.3) is 0 Å². The second kappa shape index (κ2) is 10.1. The van der Waals surface area contributed by atoms with E-state index in [1.807, 2.05) is 24.3 Å². The first-order valence-corrected chi connectivity index (χ1v) is 12.1. The van der Waals surface area contributed by atoms with E-state index < -0.39 is 0 Å². The van der Waals surface area contributed by atoms with Crippen LogP contribution in [0.4, 0.5) is 5.82 Å². The molecule has 0 aliphatic carbocycles. The van der Waals surface area contributed by atoms with Crippen LogP contribution in [0, 0.1) is 11.8 Å². The number of rotatable bonds is 5. The maximum Gasteiger partial charge on any atom is 0.227 e. The number of amides is 1. The van der Waals surface area contributed by atoms with E-state index in [1.54, 1.807) is 12.4 Å². The highest BCUT2D eigenvalue weighted by molar-refractivity contribution is 5.80. The Balaban J connectivity index is 1.16. The van der Waals surface area contributed by atoms with Gasteiger partial charge in [-0.25, -0.2) is 0 Å². The smallest absolute Gasteiger partial charge is 0.227 e. The molecule has 2 saturated heterocycles. The Morgan fingerprint density at radius 3 is 2.39 bits per heavy atom. The zero-order valence-corrected chi connectivity index (χ0v) is 19.0. The molecule has 2 aliphatic heterocycles. The molecule has 1 unspecified atom stereocenters. The highest BCUT2D eigenvalue weighted by Crippen LogP contribution is 2.27. The van der Waals surface area contributed by atoms with Gasteiger partial charge >= 0.3 is 0 Å². The van der Waals surface area contributed by atoms with Gasteiger partial charge in [0.2, 0.25) is 5.91 Å². The molecule has 1 atom stereocenters. The molecule has 0 radical (unpaired) electrons. The molecule has 0 saturated carbocycles. The third-order valence-corrected chi connectivity index (χ3v) is 7.01. The minimum absolute atomic E-state index is 0.0473. The summed E-state index contributed by atoms with van der Waals surface area (Å²) in [5, 5.41) is 8.88. The van der Waals surface area contributed by atoms with Crippen molar-refractivity contribution in [3.05, 3.63) is 72.6 Å². The van der Waals surface area contributed by atoms with E-state index in [9.17, 15) is 4.79 Å². The number of carbonyl (C=O) groups is 1. The van der Waals surface area contributed by atoms with Crippen molar-refractivity contribution in [2.24, 2.45) is 11.8 Å². The molecule has 6 heteroatoms. The van der Waals surface area contributed by atoms with Gasteiger partial charge in [-0.2, -0.15) is 0 Å². The molecule has 1 amide bonds. The number of anilines is 1. The summed E-state index contributed by atoms with van der Waals surface area (Å²) >= 11 is 0. The predicted molar refractivity (Wildman–Crippen MR) is 130 cm³/mol. The second-order valence-electron chi connectivity index (χ2n) is 9.26. The van der Waals surface area contributed by atoms with Crippen LogP contribution in [0.3, 0.4) is 0 Å². The van der Waals surface area contributed by atoms with E-state index in [1.165, 1.54) is 5.56 Å². The SMILES string of the molecule is O=C(C1CCCN(c2ccc(-c3ccncc3)nn2)C1)N1CCC(Cc2ccccc2)CC1. The van der Waals surface area contributed by atoms with Crippen molar-refractivity contribution in [1.29, 1.82) is 0 Å². The maximum absolute atomic E-state index is 13.3. The van der Waals surface area contributed by atoms with Gasteiger partial charge in [0.1, 0.15) is 0 Å². The van der Waals surface area contributed by atoms with Gasteiger partial charge in [-0.05, 0) is 67.9 Å². The average molecular weight is 442 g/mol. The van der Waals surface area contributed by atoms with Crippen molar-refractivity contribution >= 4 is 11.7 Å². The normalized spacial score (nSPS) is 19.5. The van der Waals surface area contributed by atoms with Gasteiger partial charge in [-0.3, -0.25) is 9.78 Å². The van der Waals surface area contributed by atoms with Gasteiger partial charge in [0.15, 0.2) is 5.82 Å². The van der Waals surface area contributed by atoms with Gasteiger partial charge in [0, 0.05) is 44.1 Å². The topological polar surface area (TPSA) is 62.2 Å². The number of hydrogen-bond acceptors (Lipinski definition) is 5. The van der Waals surface area contributed by atoms with Gasteiger partial charge < -0.3 is 9.80 Å². The number of carbonyl (C=O) groups excluding carboxylic acids is 1. The highest BCUT2D eigenvalue weighted by Gasteiger charge is 2.32. The number of likely N-dealkylation sites (tertiary alicyclic amines) is 1. The van der Waals surface area contributed by atoms with Crippen LogP contribution >= 0.6 is 0 Å². The Labute approximate surface area is 195 Å². The molecule has 2 fully saturated rings. The van der Waals surface area contributed by atoms with Crippen molar-refractivity contribution in [2.75, 3.05) is 31.1 Å². The first kappa shape index (κ1) is 21.6. The minimum atomic E-state index is 0.0473. The Kier molecular flexibility index (Phi) is 6.61. The van der Waals surface area contributed by atoms with E-state index in [-0.39, 0.29) is 5.92 Å².